The van der Waals surface area contributed by atoms with Crippen molar-refractivity contribution < 1.29 is 9.63 Å². The summed E-state index contributed by atoms with van der Waals surface area (Å²) in [4.78, 5) is 4.56. The molecule has 0 amide bonds. The lowest BCUT2D eigenvalue weighted by molar-refractivity contribution is 0.141. The van der Waals surface area contributed by atoms with Gasteiger partial charge in [0.2, 0.25) is 5.89 Å². The highest BCUT2D eigenvalue weighted by Gasteiger charge is 2.25. The van der Waals surface area contributed by atoms with Crippen molar-refractivity contribution in [3.05, 3.63) is 11.7 Å². The van der Waals surface area contributed by atoms with Crippen LogP contribution in [0.15, 0.2) is 4.52 Å². The van der Waals surface area contributed by atoms with Gasteiger partial charge in [0, 0.05) is 5.92 Å². The Morgan fingerprint density at radius 2 is 1.84 bits per heavy atom. The van der Waals surface area contributed by atoms with Gasteiger partial charge in [-0.05, 0) is 26.2 Å². The summed E-state index contributed by atoms with van der Waals surface area (Å²) in [7, 11) is 0. The van der Waals surface area contributed by atoms with Crippen LogP contribution in [0.2, 0.25) is 0 Å². The van der Waals surface area contributed by atoms with E-state index in [0.717, 1.165) is 12.2 Å². The van der Waals surface area contributed by atoms with Crippen LogP contribution in [0.1, 0.15) is 88.8 Å². The lowest BCUT2D eigenvalue weighted by atomic mass is 9.90. The Morgan fingerprint density at radius 1 is 1.21 bits per heavy atom. The fraction of sp³-hybridized carbons (Fsp3) is 0.867. The molecule has 1 saturated carbocycles. The number of rotatable bonds is 4. The van der Waals surface area contributed by atoms with E-state index in [1.165, 1.54) is 44.9 Å². The van der Waals surface area contributed by atoms with Gasteiger partial charge in [0.25, 0.3) is 0 Å². The summed E-state index contributed by atoms with van der Waals surface area (Å²) >= 11 is 0. The largest absolute Gasteiger partial charge is 0.393 e. The maximum absolute atomic E-state index is 9.74. The monoisotopic (exact) mass is 266 g/mol. The molecule has 0 radical (unpaired) electrons. The van der Waals surface area contributed by atoms with Gasteiger partial charge in [0.15, 0.2) is 5.82 Å². The van der Waals surface area contributed by atoms with E-state index in [1.54, 1.807) is 6.92 Å². The fourth-order valence-corrected chi connectivity index (χ4v) is 3.00. The zero-order chi connectivity index (χ0) is 13.7. The van der Waals surface area contributed by atoms with Crippen LogP contribution in [-0.2, 0) is 0 Å². The van der Waals surface area contributed by atoms with Crippen LogP contribution in [0.5, 0.6) is 0 Å². The molecule has 108 valence electrons. The van der Waals surface area contributed by atoms with Crippen molar-refractivity contribution in [3.63, 3.8) is 0 Å². The van der Waals surface area contributed by atoms with Crippen LogP contribution in [0.3, 0.4) is 0 Å². The van der Waals surface area contributed by atoms with Gasteiger partial charge in [-0.1, -0.05) is 44.2 Å². The van der Waals surface area contributed by atoms with Crippen molar-refractivity contribution in [2.75, 3.05) is 0 Å². The van der Waals surface area contributed by atoms with Crippen LogP contribution in [0.4, 0.5) is 0 Å². The smallest absolute Gasteiger partial charge is 0.232 e. The standard InChI is InChI=1S/C15H26N2O2/c1-3-13(11(2)18)15-16-14(17-19-15)12-9-7-5-4-6-8-10-12/h11-13,18H,3-10H2,1-2H3. The molecule has 1 aromatic rings. The van der Waals surface area contributed by atoms with Crippen molar-refractivity contribution in [1.29, 1.82) is 0 Å². The van der Waals surface area contributed by atoms with E-state index in [2.05, 4.69) is 10.1 Å². The second-order valence-electron chi connectivity index (χ2n) is 5.79. The summed E-state index contributed by atoms with van der Waals surface area (Å²) < 4.78 is 5.38. The Morgan fingerprint density at radius 3 is 2.42 bits per heavy atom. The highest BCUT2D eigenvalue weighted by atomic mass is 16.5. The van der Waals surface area contributed by atoms with Gasteiger partial charge in [0.05, 0.1) is 12.0 Å². The Balaban J connectivity index is 2.06. The highest BCUT2D eigenvalue weighted by molar-refractivity contribution is 5.00. The number of hydrogen-bond donors (Lipinski definition) is 1. The minimum Gasteiger partial charge on any atom is -0.393 e. The van der Waals surface area contributed by atoms with Crippen molar-refractivity contribution in [3.8, 4) is 0 Å². The molecule has 19 heavy (non-hydrogen) atoms. The molecular weight excluding hydrogens is 240 g/mol. The van der Waals surface area contributed by atoms with Gasteiger partial charge in [-0.2, -0.15) is 4.98 Å². The quantitative estimate of drug-likeness (QED) is 0.901. The van der Waals surface area contributed by atoms with E-state index < -0.39 is 6.10 Å². The Hall–Kier alpha value is -0.900. The third kappa shape index (κ3) is 3.78. The van der Waals surface area contributed by atoms with Crippen LogP contribution >= 0.6 is 0 Å². The molecule has 4 heteroatoms. The highest BCUT2D eigenvalue weighted by Crippen LogP contribution is 2.30. The molecule has 1 heterocycles. The molecular formula is C15H26N2O2. The van der Waals surface area contributed by atoms with E-state index in [9.17, 15) is 5.11 Å². The zero-order valence-electron chi connectivity index (χ0n) is 12.1. The van der Waals surface area contributed by atoms with Gasteiger partial charge in [0.1, 0.15) is 0 Å². The molecule has 0 spiro atoms. The lowest BCUT2D eigenvalue weighted by Crippen LogP contribution is -2.14. The summed E-state index contributed by atoms with van der Waals surface area (Å²) in [6, 6.07) is 0. The third-order valence-electron chi connectivity index (χ3n) is 4.27. The summed E-state index contributed by atoms with van der Waals surface area (Å²) in [6.07, 6.45) is 9.28. The second kappa shape index (κ2) is 7.04. The topological polar surface area (TPSA) is 59.2 Å². The number of aliphatic hydroxyl groups excluding tert-OH is 1. The van der Waals surface area contributed by atoms with Crippen molar-refractivity contribution in [2.24, 2.45) is 0 Å². The SMILES string of the molecule is CCC(c1nc(C2CCCCCCC2)no1)C(C)O. The first kappa shape index (κ1) is 14.5. The van der Waals surface area contributed by atoms with E-state index in [0.29, 0.717) is 11.8 Å². The van der Waals surface area contributed by atoms with Crippen molar-refractivity contribution in [2.45, 2.75) is 83.2 Å². The molecule has 1 N–H and O–H groups in total. The molecule has 1 aliphatic rings. The molecule has 0 aliphatic heterocycles. The molecule has 1 fully saturated rings. The van der Waals surface area contributed by atoms with E-state index >= 15 is 0 Å². The zero-order valence-corrected chi connectivity index (χ0v) is 12.1. The van der Waals surface area contributed by atoms with E-state index in [-0.39, 0.29) is 5.92 Å². The van der Waals surface area contributed by atoms with Gasteiger partial charge in [-0.3, -0.25) is 0 Å². The molecule has 2 atom stereocenters. The normalized spacial score (nSPS) is 21.6. The number of nitrogens with zero attached hydrogens (tertiary/aromatic N) is 2. The summed E-state index contributed by atoms with van der Waals surface area (Å²) in [5.41, 5.74) is 0. The molecule has 4 nitrogen and oxygen atoms in total. The lowest BCUT2D eigenvalue weighted by Gasteiger charge is -2.16. The number of hydrogen-bond acceptors (Lipinski definition) is 4. The van der Waals surface area contributed by atoms with E-state index in [4.69, 9.17) is 4.52 Å². The minimum atomic E-state index is -0.435. The van der Waals surface area contributed by atoms with Gasteiger partial charge < -0.3 is 9.63 Å². The maximum Gasteiger partial charge on any atom is 0.232 e. The number of aromatic nitrogens is 2. The van der Waals surface area contributed by atoms with Crippen LogP contribution < -0.4 is 0 Å². The first-order valence-corrected chi connectivity index (χ1v) is 7.74. The van der Waals surface area contributed by atoms with Gasteiger partial charge in [-0.15, -0.1) is 0 Å². The Labute approximate surface area is 115 Å². The van der Waals surface area contributed by atoms with Gasteiger partial charge in [-0.25, -0.2) is 0 Å². The molecule has 0 saturated heterocycles. The molecule has 0 bridgehead atoms. The maximum atomic E-state index is 9.74. The first-order chi connectivity index (χ1) is 9.22. The minimum absolute atomic E-state index is 0.0326. The molecule has 2 unspecified atom stereocenters. The molecule has 1 aliphatic carbocycles. The molecule has 1 aromatic heterocycles. The fourth-order valence-electron chi connectivity index (χ4n) is 3.00. The summed E-state index contributed by atoms with van der Waals surface area (Å²) in [5, 5.41) is 13.9. The predicted molar refractivity (Wildman–Crippen MR) is 74.1 cm³/mol. The average molecular weight is 266 g/mol. The third-order valence-corrected chi connectivity index (χ3v) is 4.27. The van der Waals surface area contributed by atoms with E-state index in [1.807, 2.05) is 6.92 Å². The molecule has 0 aromatic carbocycles. The second-order valence-corrected chi connectivity index (χ2v) is 5.79. The van der Waals surface area contributed by atoms with Crippen LogP contribution in [0.25, 0.3) is 0 Å². The van der Waals surface area contributed by atoms with Crippen LogP contribution in [-0.4, -0.2) is 21.4 Å². The average Bonchev–Trinajstić information content (AvgIpc) is 2.78. The summed E-state index contributed by atoms with van der Waals surface area (Å²) in [5.74, 6) is 1.88. The molecule has 2 rings (SSSR count). The Bertz CT molecular complexity index is 368. The predicted octanol–water partition coefficient (Wildman–Crippen LogP) is 3.77. The van der Waals surface area contributed by atoms with Crippen LogP contribution in [0, 0.1) is 0 Å². The van der Waals surface area contributed by atoms with Crippen molar-refractivity contribution >= 4 is 0 Å². The van der Waals surface area contributed by atoms with Gasteiger partial charge >= 0.3 is 0 Å². The Kier molecular flexibility index (Phi) is 5.37. The number of aliphatic hydroxyl groups is 1. The van der Waals surface area contributed by atoms with Crippen molar-refractivity contribution in [1.82, 2.24) is 10.1 Å². The summed E-state index contributed by atoms with van der Waals surface area (Å²) in [6.45, 7) is 3.82. The first-order valence-electron chi connectivity index (χ1n) is 7.74.